The van der Waals surface area contributed by atoms with E-state index in [1.54, 1.807) is 4.90 Å². The second-order valence-corrected chi connectivity index (χ2v) is 7.06. The third-order valence-electron chi connectivity index (χ3n) is 3.50. The highest BCUT2D eigenvalue weighted by molar-refractivity contribution is 5.77. The van der Waals surface area contributed by atoms with Crippen molar-refractivity contribution in [1.82, 2.24) is 4.90 Å². The molecule has 0 fully saturated rings. The fourth-order valence-corrected chi connectivity index (χ4v) is 2.14. The minimum Gasteiger partial charge on any atom is -0.481 e. The molecule has 3 N–H and O–H groups in total. The van der Waals surface area contributed by atoms with Gasteiger partial charge in [-0.3, -0.25) is 9.59 Å². The quantitative estimate of drug-likeness (QED) is 0.716. The Bertz CT molecular complexity index is 333. The second-order valence-electron chi connectivity index (χ2n) is 7.06. The van der Waals surface area contributed by atoms with Gasteiger partial charge >= 0.3 is 5.97 Å². The van der Waals surface area contributed by atoms with E-state index in [1.807, 2.05) is 20.8 Å². The molecule has 0 aliphatic carbocycles. The van der Waals surface area contributed by atoms with Crippen LogP contribution in [0.1, 0.15) is 60.3 Å². The van der Waals surface area contributed by atoms with Gasteiger partial charge < -0.3 is 15.7 Å². The smallest absolute Gasteiger partial charge is 0.305 e. The first-order valence-corrected chi connectivity index (χ1v) is 7.22. The molecule has 0 radical (unpaired) electrons. The maximum Gasteiger partial charge on any atom is 0.305 e. The van der Waals surface area contributed by atoms with E-state index >= 15 is 0 Å². The van der Waals surface area contributed by atoms with Crippen molar-refractivity contribution < 1.29 is 14.7 Å². The SMILES string of the molecule is CC(C)(CCN)CCC(=O)N(CCC(=O)O)C(C)(C)C. The van der Waals surface area contributed by atoms with Gasteiger partial charge in [-0.2, -0.15) is 0 Å². The van der Waals surface area contributed by atoms with Gasteiger partial charge in [-0.25, -0.2) is 0 Å². The second kappa shape index (κ2) is 7.62. The normalized spacial score (nSPS) is 12.3. The zero-order valence-electron chi connectivity index (χ0n) is 13.5. The highest BCUT2D eigenvalue weighted by atomic mass is 16.4. The number of hydrogen-bond acceptors (Lipinski definition) is 3. The van der Waals surface area contributed by atoms with Crippen LogP contribution in [-0.4, -0.2) is 40.5 Å². The molecule has 0 aromatic carbocycles. The van der Waals surface area contributed by atoms with Crippen LogP contribution in [0.15, 0.2) is 0 Å². The summed E-state index contributed by atoms with van der Waals surface area (Å²) < 4.78 is 0. The van der Waals surface area contributed by atoms with E-state index in [0.29, 0.717) is 13.0 Å². The molecule has 0 aliphatic rings. The third kappa shape index (κ3) is 7.48. The largest absolute Gasteiger partial charge is 0.481 e. The Morgan fingerprint density at radius 2 is 1.60 bits per heavy atom. The van der Waals surface area contributed by atoms with Gasteiger partial charge in [0.15, 0.2) is 0 Å². The average Bonchev–Trinajstić information content (AvgIpc) is 2.24. The maximum absolute atomic E-state index is 12.4. The molecule has 0 spiro atoms. The summed E-state index contributed by atoms with van der Waals surface area (Å²) in [4.78, 5) is 24.7. The summed E-state index contributed by atoms with van der Waals surface area (Å²) in [6.07, 6.45) is 2.06. The number of aliphatic carboxylic acids is 1. The van der Waals surface area contributed by atoms with E-state index in [2.05, 4.69) is 13.8 Å². The fraction of sp³-hybridized carbons (Fsp3) is 0.867. The van der Waals surface area contributed by atoms with Crippen molar-refractivity contribution in [2.45, 2.75) is 65.8 Å². The predicted octanol–water partition coefficient (Wildman–Crippen LogP) is 2.24. The number of amides is 1. The number of rotatable bonds is 8. The van der Waals surface area contributed by atoms with E-state index in [9.17, 15) is 9.59 Å². The minimum atomic E-state index is -0.879. The zero-order chi connectivity index (χ0) is 16.0. The van der Waals surface area contributed by atoms with Crippen molar-refractivity contribution in [2.75, 3.05) is 13.1 Å². The molecular formula is C15H30N2O3. The van der Waals surface area contributed by atoms with E-state index in [-0.39, 0.29) is 29.8 Å². The number of nitrogens with zero attached hydrogens (tertiary/aromatic N) is 1. The van der Waals surface area contributed by atoms with Gasteiger partial charge in [-0.1, -0.05) is 13.8 Å². The molecule has 5 heteroatoms. The van der Waals surface area contributed by atoms with Crippen LogP contribution in [0.4, 0.5) is 0 Å². The molecule has 0 aromatic heterocycles. The molecule has 20 heavy (non-hydrogen) atoms. The summed E-state index contributed by atoms with van der Waals surface area (Å²) in [5.41, 5.74) is 5.26. The van der Waals surface area contributed by atoms with Crippen molar-refractivity contribution in [2.24, 2.45) is 11.1 Å². The highest BCUT2D eigenvalue weighted by Gasteiger charge is 2.28. The average molecular weight is 286 g/mol. The maximum atomic E-state index is 12.4. The number of carboxylic acids is 1. The van der Waals surface area contributed by atoms with Crippen molar-refractivity contribution >= 4 is 11.9 Å². The predicted molar refractivity (Wildman–Crippen MR) is 80.4 cm³/mol. The van der Waals surface area contributed by atoms with Crippen molar-refractivity contribution in [1.29, 1.82) is 0 Å². The number of carbonyl (C=O) groups is 2. The van der Waals surface area contributed by atoms with Crippen LogP contribution in [0.25, 0.3) is 0 Å². The monoisotopic (exact) mass is 286 g/mol. The summed E-state index contributed by atoms with van der Waals surface area (Å²) in [6, 6.07) is 0. The number of carboxylic acid groups (broad SMARTS) is 1. The first-order valence-electron chi connectivity index (χ1n) is 7.22. The van der Waals surface area contributed by atoms with E-state index < -0.39 is 5.97 Å². The molecule has 0 aliphatic heterocycles. The van der Waals surface area contributed by atoms with Crippen LogP contribution < -0.4 is 5.73 Å². The van der Waals surface area contributed by atoms with Gasteiger partial charge in [0.2, 0.25) is 5.91 Å². The Morgan fingerprint density at radius 3 is 2.00 bits per heavy atom. The Morgan fingerprint density at radius 1 is 1.05 bits per heavy atom. The van der Waals surface area contributed by atoms with Gasteiger partial charge in [0.25, 0.3) is 0 Å². The lowest BCUT2D eigenvalue weighted by atomic mass is 9.84. The molecule has 5 nitrogen and oxygen atoms in total. The van der Waals surface area contributed by atoms with Crippen molar-refractivity contribution in [3.63, 3.8) is 0 Å². The number of hydrogen-bond donors (Lipinski definition) is 2. The van der Waals surface area contributed by atoms with Gasteiger partial charge in [0, 0.05) is 18.5 Å². The molecule has 0 unspecified atom stereocenters. The summed E-state index contributed by atoms with van der Waals surface area (Å²) >= 11 is 0. The fourth-order valence-electron chi connectivity index (χ4n) is 2.14. The Balaban J connectivity index is 4.60. The lowest BCUT2D eigenvalue weighted by molar-refractivity contribution is -0.140. The summed E-state index contributed by atoms with van der Waals surface area (Å²) in [6.45, 7) is 10.9. The standard InChI is InChI=1S/C15H30N2O3/c1-14(2,3)17(11-7-13(19)20)12(18)6-8-15(4,5)9-10-16/h6-11,16H2,1-5H3,(H,19,20). The van der Waals surface area contributed by atoms with Crippen molar-refractivity contribution in [3.8, 4) is 0 Å². The number of carbonyl (C=O) groups excluding carboxylic acids is 1. The van der Waals surface area contributed by atoms with Crippen LogP contribution in [-0.2, 0) is 9.59 Å². The molecule has 0 saturated carbocycles. The van der Waals surface area contributed by atoms with Crippen LogP contribution in [0.3, 0.4) is 0 Å². The van der Waals surface area contributed by atoms with Gasteiger partial charge in [-0.15, -0.1) is 0 Å². The molecule has 0 heterocycles. The Labute approximate surface area is 122 Å². The summed E-state index contributed by atoms with van der Waals surface area (Å²) in [7, 11) is 0. The molecule has 1 amide bonds. The molecule has 0 rings (SSSR count). The highest BCUT2D eigenvalue weighted by Crippen LogP contribution is 2.27. The topological polar surface area (TPSA) is 83.6 Å². The van der Waals surface area contributed by atoms with Gasteiger partial charge in [0.1, 0.15) is 0 Å². The lowest BCUT2D eigenvalue weighted by Crippen LogP contribution is -2.46. The molecule has 118 valence electrons. The van der Waals surface area contributed by atoms with E-state index in [4.69, 9.17) is 10.8 Å². The molecule has 0 aromatic rings. The van der Waals surface area contributed by atoms with Crippen LogP contribution >= 0.6 is 0 Å². The lowest BCUT2D eigenvalue weighted by Gasteiger charge is -2.36. The van der Waals surface area contributed by atoms with Crippen LogP contribution in [0.5, 0.6) is 0 Å². The molecule has 0 bridgehead atoms. The first-order chi connectivity index (χ1) is 8.99. The number of nitrogens with two attached hydrogens (primary N) is 1. The van der Waals surface area contributed by atoms with Gasteiger partial charge in [0.05, 0.1) is 6.42 Å². The van der Waals surface area contributed by atoms with Gasteiger partial charge in [-0.05, 0) is 45.6 Å². The van der Waals surface area contributed by atoms with Crippen LogP contribution in [0, 0.1) is 5.41 Å². The van der Waals surface area contributed by atoms with E-state index in [0.717, 1.165) is 12.8 Å². The molecule has 0 saturated heterocycles. The molecular weight excluding hydrogens is 256 g/mol. The third-order valence-corrected chi connectivity index (χ3v) is 3.50. The minimum absolute atomic E-state index is 0.0175. The Kier molecular flexibility index (Phi) is 7.20. The van der Waals surface area contributed by atoms with Crippen LogP contribution in [0.2, 0.25) is 0 Å². The summed E-state index contributed by atoms with van der Waals surface area (Å²) in [5, 5.41) is 8.79. The van der Waals surface area contributed by atoms with E-state index in [1.165, 1.54) is 0 Å². The molecule has 0 atom stereocenters. The Hall–Kier alpha value is -1.10. The summed E-state index contributed by atoms with van der Waals surface area (Å²) in [5.74, 6) is -0.862. The first kappa shape index (κ1) is 18.9. The van der Waals surface area contributed by atoms with Crippen molar-refractivity contribution in [3.05, 3.63) is 0 Å². The zero-order valence-corrected chi connectivity index (χ0v) is 13.5.